The molecule has 0 spiro atoms. The molecule has 0 bridgehead atoms. The molecule has 32 heavy (non-hydrogen) atoms. The second-order valence-corrected chi connectivity index (χ2v) is 7.86. The van der Waals surface area contributed by atoms with E-state index in [0.29, 0.717) is 29.2 Å². The molecule has 6 rings (SSSR count). The zero-order valence-corrected chi connectivity index (χ0v) is 16.9. The van der Waals surface area contributed by atoms with Crippen LogP contribution < -0.4 is 14.2 Å². The van der Waals surface area contributed by atoms with Crippen LogP contribution in [0.4, 0.5) is 0 Å². The summed E-state index contributed by atoms with van der Waals surface area (Å²) in [6.07, 6.45) is 7.20. The van der Waals surface area contributed by atoms with Crippen LogP contribution in [-0.4, -0.2) is 23.3 Å². The van der Waals surface area contributed by atoms with Crippen LogP contribution in [0.15, 0.2) is 72.3 Å². The van der Waals surface area contributed by atoms with Crippen LogP contribution in [-0.2, 0) is 4.79 Å². The minimum absolute atomic E-state index is 0.153. The third-order valence-electron chi connectivity index (χ3n) is 5.86. The molecular weight excluding hydrogens is 406 g/mol. The van der Waals surface area contributed by atoms with Crippen molar-refractivity contribution in [1.29, 1.82) is 0 Å². The molecule has 0 unspecified atom stereocenters. The number of Topliss-reactive ketones (excluding diaryl/α,β-unsaturated/α-hetero) is 1. The quantitative estimate of drug-likeness (QED) is 0.342. The zero-order chi connectivity index (χ0) is 21.7. The van der Waals surface area contributed by atoms with E-state index in [1.165, 1.54) is 0 Å². The van der Waals surface area contributed by atoms with E-state index in [1.807, 2.05) is 30.3 Å². The number of hydrogen-bond acceptors (Lipinski definition) is 6. The van der Waals surface area contributed by atoms with Crippen molar-refractivity contribution in [3.63, 3.8) is 0 Å². The smallest absolute Gasteiger partial charge is 0.312 e. The van der Waals surface area contributed by atoms with E-state index in [1.54, 1.807) is 36.7 Å². The van der Waals surface area contributed by atoms with E-state index < -0.39 is 0 Å². The van der Waals surface area contributed by atoms with Gasteiger partial charge >= 0.3 is 5.97 Å². The van der Waals surface area contributed by atoms with Crippen molar-refractivity contribution in [2.45, 2.75) is 12.3 Å². The van der Waals surface area contributed by atoms with Gasteiger partial charge in [-0.15, -0.1) is 0 Å². The molecule has 4 heterocycles. The molecule has 6 nitrogen and oxygen atoms in total. The highest BCUT2D eigenvalue weighted by atomic mass is 16.5. The van der Waals surface area contributed by atoms with Crippen molar-refractivity contribution in [2.24, 2.45) is 0 Å². The third kappa shape index (κ3) is 3.00. The second kappa shape index (κ2) is 7.20. The first kappa shape index (κ1) is 18.6. The van der Waals surface area contributed by atoms with Gasteiger partial charge in [0.2, 0.25) is 5.78 Å². The molecule has 3 aliphatic heterocycles. The first-order valence-electron chi connectivity index (χ1n) is 10.3. The molecule has 0 amide bonds. The lowest BCUT2D eigenvalue weighted by Crippen LogP contribution is -2.24. The molecule has 1 aromatic heterocycles. The summed E-state index contributed by atoms with van der Waals surface area (Å²) < 4.78 is 17.5. The summed E-state index contributed by atoms with van der Waals surface area (Å²) in [5.74, 6) is 1.05. The fourth-order valence-electron chi connectivity index (χ4n) is 4.37. The molecule has 1 atom stereocenters. The molecular formula is C26H17NO5. The number of esters is 1. The van der Waals surface area contributed by atoms with E-state index in [2.05, 4.69) is 11.1 Å². The number of hydrogen-bond donors (Lipinski definition) is 0. The number of allylic oxidation sites excluding steroid dienone is 1. The molecule has 0 saturated heterocycles. The van der Waals surface area contributed by atoms with Gasteiger partial charge in [-0.05, 0) is 47.6 Å². The zero-order valence-electron chi connectivity index (χ0n) is 16.9. The normalized spacial score (nSPS) is 19.8. The van der Waals surface area contributed by atoms with Gasteiger partial charge in [-0.1, -0.05) is 24.3 Å². The molecule has 0 N–H and O–H groups in total. The Labute approximate surface area is 183 Å². The van der Waals surface area contributed by atoms with Crippen LogP contribution in [0.3, 0.4) is 0 Å². The van der Waals surface area contributed by atoms with Crippen molar-refractivity contribution < 1.29 is 23.8 Å². The number of fused-ring (bicyclic) bond motifs is 4. The number of carbonyl (C=O) groups excluding carboxylic acids is 2. The number of benzene rings is 2. The fourth-order valence-corrected chi connectivity index (χ4v) is 4.37. The SMILES string of the molecule is O=C1C[C@@H](C2=Cc3ccccc3OC2)c2c(ccc3c2O/C(=C\c2cccnc2)C3=O)O1. The highest BCUT2D eigenvalue weighted by molar-refractivity contribution is 6.15. The topological polar surface area (TPSA) is 74.7 Å². The minimum atomic E-state index is -0.322. The van der Waals surface area contributed by atoms with E-state index in [0.717, 1.165) is 22.4 Å². The van der Waals surface area contributed by atoms with Crippen molar-refractivity contribution in [3.8, 4) is 17.2 Å². The van der Waals surface area contributed by atoms with Crippen LogP contribution in [0.5, 0.6) is 17.2 Å². The molecule has 0 fully saturated rings. The van der Waals surface area contributed by atoms with Crippen molar-refractivity contribution in [2.75, 3.05) is 6.61 Å². The molecule has 0 radical (unpaired) electrons. The van der Waals surface area contributed by atoms with Crippen LogP contribution in [0.1, 0.15) is 39.4 Å². The number of pyridine rings is 1. The molecule has 2 aromatic carbocycles. The molecule has 3 aromatic rings. The predicted octanol–water partition coefficient (Wildman–Crippen LogP) is 4.57. The Morgan fingerprint density at radius 2 is 1.88 bits per heavy atom. The number of carbonyl (C=O) groups is 2. The predicted molar refractivity (Wildman–Crippen MR) is 117 cm³/mol. The number of ketones is 1. The number of nitrogens with zero attached hydrogens (tertiary/aromatic N) is 1. The monoisotopic (exact) mass is 423 g/mol. The van der Waals surface area contributed by atoms with Gasteiger partial charge in [-0.2, -0.15) is 0 Å². The second-order valence-electron chi connectivity index (χ2n) is 7.86. The Kier molecular flexibility index (Phi) is 4.18. The largest absolute Gasteiger partial charge is 0.489 e. The number of para-hydroxylation sites is 1. The standard InChI is InChI=1S/C26H17NO5/c28-23-12-19(17-11-16-5-1-2-6-20(16)30-14-17)24-21(31-23)8-7-18-25(29)22(32-26(18)24)10-15-4-3-9-27-13-15/h1-11,13,19H,12,14H2/b22-10-/t19-/m0/s1. The molecule has 156 valence electrons. The van der Waals surface area contributed by atoms with E-state index >= 15 is 0 Å². The lowest BCUT2D eigenvalue weighted by Gasteiger charge is -2.29. The Morgan fingerprint density at radius 3 is 2.75 bits per heavy atom. The van der Waals surface area contributed by atoms with E-state index in [9.17, 15) is 9.59 Å². The highest BCUT2D eigenvalue weighted by Crippen LogP contribution is 2.50. The Balaban J connectivity index is 1.45. The molecule has 6 heteroatoms. The Bertz CT molecular complexity index is 1340. The average Bonchev–Trinajstić information content (AvgIpc) is 3.14. The lowest BCUT2D eigenvalue weighted by molar-refractivity contribution is -0.135. The van der Waals surface area contributed by atoms with Crippen molar-refractivity contribution >= 4 is 23.9 Å². The average molecular weight is 423 g/mol. The summed E-state index contributed by atoms with van der Waals surface area (Å²) in [4.78, 5) is 29.5. The molecule has 0 aliphatic carbocycles. The van der Waals surface area contributed by atoms with Crippen molar-refractivity contribution in [3.05, 3.63) is 94.5 Å². The minimum Gasteiger partial charge on any atom is -0.489 e. The number of aromatic nitrogens is 1. The van der Waals surface area contributed by atoms with Gasteiger partial charge in [-0.3, -0.25) is 14.6 Å². The summed E-state index contributed by atoms with van der Waals surface area (Å²) in [7, 11) is 0. The van der Waals surface area contributed by atoms with Gasteiger partial charge in [0.15, 0.2) is 5.76 Å². The van der Waals surface area contributed by atoms with Gasteiger partial charge in [0, 0.05) is 29.4 Å². The van der Waals surface area contributed by atoms with Gasteiger partial charge in [0.1, 0.15) is 23.9 Å². The number of rotatable bonds is 2. The maximum atomic E-state index is 13.0. The first-order valence-corrected chi connectivity index (χ1v) is 10.3. The van der Waals surface area contributed by atoms with Gasteiger partial charge in [0.25, 0.3) is 0 Å². The Hall–Kier alpha value is -4.19. The van der Waals surface area contributed by atoms with Crippen LogP contribution in [0, 0.1) is 0 Å². The van der Waals surface area contributed by atoms with Gasteiger partial charge < -0.3 is 14.2 Å². The maximum Gasteiger partial charge on any atom is 0.312 e. The van der Waals surface area contributed by atoms with Gasteiger partial charge in [0.05, 0.1) is 12.0 Å². The number of ether oxygens (including phenoxy) is 3. The summed E-state index contributed by atoms with van der Waals surface area (Å²) >= 11 is 0. The summed E-state index contributed by atoms with van der Waals surface area (Å²) in [5, 5.41) is 0. The summed E-state index contributed by atoms with van der Waals surface area (Å²) in [6.45, 7) is 0.352. The highest BCUT2D eigenvalue weighted by Gasteiger charge is 2.39. The Morgan fingerprint density at radius 1 is 0.969 bits per heavy atom. The molecule has 3 aliphatic rings. The maximum absolute atomic E-state index is 13.0. The first-order chi connectivity index (χ1) is 15.7. The summed E-state index contributed by atoms with van der Waals surface area (Å²) in [5.41, 5.74) is 3.83. The third-order valence-corrected chi connectivity index (χ3v) is 5.86. The van der Waals surface area contributed by atoms with Gasteiger partial charge in [-0.25, -0.2) is 0 Å². The fraction of sp³-hybridized carbons (Fsp3) is 0.115. The van der Waals surface area contributed by atoms with E-state index in [-0.39, 0.29) is 29.9 Å². The van der Waals surface area contributed by atoms with Crippen LogP contribution in [0.25, 0.3) is 12.2 Å². The molecule has 0 saturated carbocycles. The van der Waals surface area contributed by atoms with Crippen LogP contribution >= 0.6 is 0 Å². The van der Waals surface area contributed by atoms with E-state index in [4.69, 9.17) is 14.2 Å². The summed E-state index contributed by atoms with van der Waals surface area (Å²) in [6, 6.07) is 14.7. The lowest BCUT2D eigenvalue weighted by atomic mass is 9.83. The van der Waals surface area contributed by atoms with Crippen molar-refractivity contribution in [1.82, 2.24) is 4.98 Å². The van der Waals surface area contributed by atoms with Crippen LogP contribution in [0.2, 0.25) is 0 Å².